The lowest BCUT2D eigenvalue weighted by Gasteiger charge is -2.31. The number of rotatable bonds is 2. The molecule has 1 heterocycles. The van der Waals surface area contributed by atoms with Gasteiger partial charge in [-0.1, -0.05) is 6.07 Å². The molecule has 0 bridgehead atoms. The van der Waals surface area contributed by atoms with Gasteiger partial charge in [0.2, 0.25) is 5.91 Å². The number of methoxy groups -OCH3 is 1. The molecule has 0 saturated carbocycles. The SMILES string of the molecule is COC(=O)N1CCC[C@H](C(=O)Nc2cccc(F)c2C)C1. The number of amides is 2. The number of benzene rings is 1. The Morgan fingerprint density at radius 3 is 2.90 bits per heavy atom. The van der Waals surface area contributed by atoms with Crippen molar-refractivity contribution in [2.45, 2.75) is 19.8 Å². The van der Waals surface area contributed by atoms with Crippen LogP contribution < -0.4 is 5.32 Å². The highest BCUT2D eigenvalue weighted by atomic mass is 19.1. The van der Waals surface area contributed by atoms with Gasteiger partial charge in [0, 0.05) is 24.3 Å². The van der Waals surface area contributed by atoms with Gasteiger partial charge in [-0.05, 0) is 31.9 Å². The van der Waals surface area contributed by atoms with Crippen LogP contribution in [0, 0.1) is 18.7 Å². The molecule has 2 amide bonds. The van der Waals surface area contributed by atoms with Crippen molar-refractivity contribution in [3.63, 3.8) is 0 Å². The molecule has 6 heteroatoms. The third-order valence-electron chi connectivity index (χ3n) is 3.75. The smallest absolute Gasteiger partial charge is 0.409 e. The number of anilines is 1. The summed E-state index contributed by atoms with van der Waals surface area (Å²) in [5.74, 6) is -0.856. The predicted molar refractivity (Wildman–Crippen MR) is 76.5 cm³/mol. The van der Waals surface area contributed by atoms with Crippen molar-refractivity contribution >= 4 is 17.7 Å². The molecule has 0 spiro atoms. The van der Waals surface area contributed by atoms with Crippen LogP contribution in [-0.2, 0) is 9.53 Å². The monoisotopic (exact) mass is 294 g/mol. The van der Waals surface area contributed by atoms with Gasteiger partial charge in [-0.15, -0.1) is 0 Å². The van der Waals surface area contributed by atoms with E-state index in [1.165, 1.54) is 18.1 Å². The number of hydrogen-bond acceptors (Lipinski definition) is 3. The number of nitrogens with one attached hydrogen (secondary N) is 1. The fraction of sp³-hybridized carbons (Fsp3) is 0.467. The molecule has 21 heavy (non-hydrogen) atoms. The summed E-state index contributed by atoms with van der Waals surface area (Å²) in [5.41, 5.74) is 0.877. The summed E-state index contributed by atoms with van der Waals surface area (Å²) in [6.07, 6.45) is 1.03. The molecule has 5 nitrogen and oxygen atoms in total. The molecular weight excluding hydrogens is 275 g/mol. The average molecular weight is 294 g/mol. The lowest BCUT2D eigenvalue weighted by molar-refractivity contribution is -0.121. The molecule has 0 unspecified atom stereocenters. The van der Waals surface area contributed by atoms with Crippen LogP contribution in [0.25, 0.3) is 0 Å². The lowest BCUT2D eigenvalue weighted by atomic mass is 9.97. The highest BCUT2D eigenvalue weighted by molar-refractivity contribution is 5.93. The van der Waals surface area contributed by atoms with Gasteiger partial charge < -0.3 is 15.0 Å². The third kappa shape index (κ3) is 3.51. The Morgan fingerprint density at radius 1 is 1.43 bits per heavy atom. The molecule has 1 fully saturated rings. The van der Waals surface area contributed by atoms with Gasteiger partial charge in [0.05, 0.1) is 13.0 Å². The minimum atomic E-state index is -0.422. The first-order valence-corrected chi connectivity index (χ1v) is 6.91. The second kappa shape index (κ2) is 6.56. The van der Waals surface area contributed by atoms with E-state index in [-0.39, 0.29) is 17.6 Å². The van der Waals surface area contributed by atoms with E-state index in [9.17, 15) is 14.0 Å². The quantitative estimate of drug-likeness (QED) is 0.912. The molecule has 0 aliphatic carbocycles. The summed E-state index contributed by atoms with van der Waals surface area (Å²) in [6, 6.07) is 4.57. The summed E-state index contributed by atoms with van der Waals surface area (Å²) in [7, 11) is 1.32. The highest BCUT2D eigenvalue weighted by Crippen LogP contribution is 2.22. The fourth-order valence-corrected chi connectivity index (χ4v) is 2.46. The number of piperidine rings is 1. The van der Waals surface area contributed by atoms with Crippen LogP contribution in [-0.4, -0.2) is 37.1 Å². The van der Waals surface area contributed by atoms with E-state index in [0.29, 0.717) is 30.8 Å². The van der Waals surface area contributed by atoms with Crippen molar-refractivity contribution in [3.8, 4) is 0 Å². The van der Waals surface area contributed by atoms with Gasteiger partial charge in [-0.25, -0.2) is 9.18 Å². The van der Waals surface area contributed by atoms with E-state index in [2.05, 4.69) is 10.1 Å². The Hall–Kier alpha value is -2.11. The fourth-order valence-electron chi connectivity index (χ4n) is 2.46. The molecule has 0 radical (unpaired) electrons. The van der Waals surface area contributed by atoms with Gasteiger partial charge in [0.1, 0.15) is 5.82 Å². The highest BCUT2D eigenvalue weighted by Gasteiger charge is 2.29. The van der Waals surface area contributed by atoms with Crippen molar-refractivity contribution in [1.82, 2.24) is 4.90 Å². The molecule has 1 aliphatic heterocycles. The van der Waals surface area contributed by atoms with E-state index in [4.69, 9.17) is 0 Å². The number of nitrogens with zero attached hydrogens (tertiary/aromatic N) is 1. The largest absolute Gasteiger partial charge is 0.453 e. The van der Waals surface area contributed by atoms with Crippen LogP contribution in [0.4, 0.5) is 14.9 Å². The van der Waals surface area contributed by atoms with Crippen molar-refractivity contribution in [1.29, 1.82) is 0 Å². The van der Waals surface area contributed by atoms with E-state index in [1.54, 1.807) is 19.1 Å². The zero-order valence-corrected chi connectivity index (χ0v) is 12.2. The van der Waals surface area contributed by atoms with E-state index in [0.717, 1.165) is 6.42 Å². The Labute approximate surface area is 123 Å². The zero-order valence-electron chi connectivity index (χ0n) is 12.2. The van der Waals surface area contributed by atoms with Crippen molar-refractivity contribution in [2.75, 3.05) is 25.5 Å². The standard InChI is InChI=1S/C15H19FN2O3/c1-10-12(16)6-3-7-13(10)17-14(19)11-5-4-8-18(9-11)15(20)21-2/h3,6-7,11H,4-5,8-9H2,1-2H3,(H,17,19)/t11-/m0/s1. The topological polar surface area (TPSA) is 58.6 Å². The Morgan fingerprint density at radius 2 is 2.19 bits per heavy atom. The first-order valence-electron chi connectivity index (χ1n) is 6.91. The molecule has 0 aromatic heterocycles. The predicted octanol–water partition coefficient (Wildman–Crippen LogP) is 2.55. The van der Waals surface area contributed by atoms with Gasteiger partial charge >= 0.3 is 6.09 Å². The van der Waals surface area contributed by atoms with Crippen LogP contribution in [0.5, 0.6) is 0 Å². The molecule has 1 saturated heterocycles. The molecule has 2 rings (SSSR count). The molecular formula is C15H19FN2O3. The van der Waals surface area contributed by atoms with Crippen LogP contribution in [0.15, 0.2) is 18.2 Å². The first-order chi connectivity index (χ1) is 10.0. The van der Waals surface area contributed by atoms with Crippen molar-refractivity contribution in [2.24, 2.45) is 5.92 Å². The van der Waals surface area contributed by atoms with Crippen LogP contribution in [0.3, 0.4) is 0 Å². The van der Waals surface area contributed by atoms with Crippen LogP contribution in [0.2, 0.25) is 0 Å². The van der Waals surface area contributed by atoms with Gasteiger partial charge in [-0.3, -0.25) is 4.79 Å². The second-order valence-corrected chi connectivity index (χ2v) is 5.16. The maximum Gasteiger partial charge on any atom is 0.409 e. The number of carbonyl (C=O) groups excluding carboxylic acids is 2. The number of likely N-dealkylation sites (tertiary alicyclic amines) is 1. The van der Waals surface area contributed by atoms with Crippen molar-refractivity contribution in [3.05, 3.63) is 29.6 Å². The molecule has 1 N–H and O–H groups in total. The number of halogens is 1. The number of ether oxygens (including phenoxy) is 1. The molecule has 1 aromatic rings. The molecule has 114 valence electrons. The van der Waals surface area contributed by atoms with Crippen LogP contribution in [0.1, 0.15) is 18.4 Å². The minimum absolute atomic E-state index is 0.197. The zero-order chi connectivity index (χ0) is 15.4. The van der Waals surface area contributed by atoms with E-state index in [1.807, 2.05) is 0 Å². The van der Waals surface area contributed by atoms with Gasteiger partial charge in [0.15, 0.2) is 0 Å². The second-order valence-electron chi connectivity index (χ2n) is 5.16. The Balaban J connectivity index is 2.03. The Bertz CT molecular complexity index is 548. The molecule has 1 aliphatic rings. The van der Waals surface area contributed by atoms with Gasteiger partial charge in [-0.2, -0.15) is 0 Å². The maximum atomic E-state index is 13.5. The van der Waals surface area contributed by atoms with E-state index < -0.39 is 6.09 Å². The number of hydrogen-bond donors (Lipinski definition) is 1. The van der Waals surface area contributed by atoms with E-state index >= 15 is 0 Å². The molecule has 1 aromatic carbocycles. The average Bonchev–Trinajstić information content (AvgIpc) is 2.51. The van der Waals surface area contributed by atoms with Crippen LogP contribution >= 0.6 is 0 Å². The summed E-state index contributed by atoms with van der Waals surface area (Å²) >= 11 is 0. The van der Waals surface area contributed by atoms with Gasteiger partial charge in [0.25, 0.3) is 0 Å². The summed E-state index contributed by atoms with van der Waals surface area (Å²) in [6.45, 7) is 2.54. The maximum absolute atomic E-state index is 13.5. The van der Waals surface area contributed by atoms with Crippen molar-refractivity contribution < 1.29 is 18.7 Å². The summed E-state index contributed by atoms with van der Waals surface area (Å²) in [4.78, 5) is 25.3. The lowest BCUT2D eigenvalue weighted by Crippen LogP contribution is -2.43. The Kier molecular flexibility index (Phi) is 4.77. The summed E-state index contributed by atoms with van der Waals surface area (Å²) in [5, 5.41) is 2.74. The molecule has 1 atom stereocenters. The third-order valence-corrected chi connectivity index (χ3v) is 3.75. The first kappa shape index (κ1) is 15.3. The minimum Gasteiger partial charge on any atom is -0.453 e. The number of carbonyl (C=O) groups is 2. The summed E-state index contributed by atoms with van der Waals surface area (Å²) < 4.78 is 18.1. The normalized spacial score (nSPS) is 18.2.